The van der Waals surface area contributed by atoms with E-state index in [-0.39, 0.29) is 12.5 Å². The van der Waals surface area contributed by atoms with Gasteiger partial charge in [-0.2, -0.15) is 0 Å². The average Bonchev–Trinajstić information content (AvgIpc) is 2.82. The number of ether oxygens (including phenoxy) is 2. The van der Waals surface area contributed by atoms with Gasteiger partial charge >= 0.3 is 0 Å². The molecule has 0 spiro atoms. The van der Waals surface area contributed by atoms with Crippen molar-refractivity contribution in [2.45, 2.75) is 31.7 Å². The lowest BCUT2D eigenvalue weighted by atomic mass is 9.90. The van der Waals surface area contributed by atoms with E-state index in [4.69, 9.17) is 9.47 Å². The Bertz CT molecular complexity index is 1090. The summed E-state index contributed by atoms with van der Waals surface area (Å²) in [6.45, 7) is 3.24. The molecule has 0 bridgehead atoms. The molecule has 1 heterocycles. The van der Waals surface area contributed by atoms with Crippen molar-refractivity contribution < 1.29 is 23.8 Å². The summed E-state index contributed by atoms with van der Waals surface area (Å²) in [5.74, 6) is 0.508. The van der Waals surface area contributed by atoms with Crippen LogP contribution in [0.25, 0.3) is 0 Å². The molecule has 1 aliphatic heterocycles. The van der Waals surface area contributed by atoms with E-state index < -0.39 is 17.5 Å². The summed E-state index contributed by atoms with van der Waals surface area (Å²) in [4.78, 5) is 14.5. The van der Waals surface area contributed by atoms with E-state index >= 15 is 0 Å². The Balaban J connectivity index is 1.28. The Hall–Kier alpha value is -3.42. The number of carbonyl (C=O) groups is 1. The minimum absolute atomic E-state index is 0.158. The second-order valence-corrected chi connectivity index (χ2v) is 8.75. The zero-order chi connectivity index (χ0) is 24.0. The second-order valence-electron chi connectivity index (χ2n) is 8.75. The van der Waals surface area contributed by atoms with Crippen LogP contribution in [0.5, 0.6) is 11.5 Å². The number of carbonyl (C=O) groups excluding carboxylic acids is 1. The van der Waals surface area contributed by atoms with Crippen LogP contribution in [0.3, 0.4) is 0 Å². The Kier molecular flexibility index (Phi) is 7.45. The number of piperidine rings is 1. The summed E-state index contributed by atoms with van der Waals surface area (Å²) >= 11 is 0. The molecule has 6 nitrogen and oxygen atoms in total. The molecular weight excluding hydrogens is 435 g/mol. The van der Waals surface area contributed by atoms with Crippen molar-refractivity contribution in [1.82, 2.24) is 4.90 Å². The van der Waals surface area contributed by atoms with E-state index in [0.717, 1.165) is 11.3 Å². The standard InChI is InChI=1S/C27H29FN2O4/c1-27(32)14-15-30(17-25(27)34-24-9-5-8-21(28)16-24)18-26(31)29-22-10-12-23(13-11-22)33-19-20-6-3-2-4-7-20/h2-13,16,25,32H,14-15,17-19H2,1H3,(H,29,31)/t25-,27-/m0/s1. The molecule has 0 unspecified atom stereocenters. The van der Waals surface area contributed by atoms with Crippen molar-refractivity contribution >= 4 is 11.6 Å². The van der Waals surface area contributed by atoms with Crippen molar-refractivity contribution in [2.24, 2.45) is 0 Å². The maximum atomic E-state index is 13.5. The second kappa shape index (κ2) is 10.7. The number of aliphatic hydroxyl groups is 1. The van der Waals surface area contributed by atoms with E-state index in [1.165, 1.54) is 12.1 Å². The van der Waals surface area contributed by atoms with Crippen molar-refractivity contribution in [3.05, 3.63) is 90.2 Å². The minimum Gasteiger partial charge on any atom is -0.489 e. The van der Waals surface area contributed by atoms with Crippen LogP contribution < -0.4 is 14.8 Å². The third-order valence-electron chi connectivity index (χ3n) is 5.88. The molecule has 1 amide bonds. The van der Waals surface area contributed by atoms with Crippen molar-refractivity contribution in [3.63, 3.8) is 0 Å². The summed E-state index contributed by atoms with van der Waals surface area (Å²) in [5, 5.41) is 13.6. The van der Waals surface area contributed by atoms with Crippen LogP contribution in [0, 0.1) is 5.82 Å². The number of halogens is 1. The number of anilines is 1. The normalized spacial score (nSPS) is 20.5. The Morgan fingerprint density at radius 2 is 1.85 bits per heavy atom. The van der Waals surface area contributed by atoms with Gasteiger partial charge in [0.25, 0.3) is 0 Å². The molecule has 2 N–H and O–H groups in total. The number of hydrogen-bond acceptors (Lipinski definition) is 5. The maximum absolute atomic E-state index is 13.5. The number of hydrogen-bond donors (Lipinski definition) is 2. The summed E-state index contributed by atoms with van der Waals surface area (Å²) < 4.78 is 25.2. The fourth-order valence-corrected chi connectivity index (χ4v) is 3.86. The molecule has 3 aromatic carbocycles. The molecule has 178 valence electrons. The monoisotopic (exact) mass is 464 g/mol. The average molecular weight is 465 g/mol. The van der Waals surface area contributed by atoms with Gasteiger partial charge in [0.1, 0.15) is 35.6 Å². The van der Waals surface area contributed by atoms with Crippen LogP contribution in [0.4, 0.5) is 10.1 Å². The third kappa shape index (κ3) is 6.56. The molecule has 0 radical (unpaired) electrons. The minimum atomic E-state index is -1.07. The van der Waals surface area contributed by atoms with Gasteiger partial charge in [0.05, 0.1) is 6.54 Å². The van der Waals surface area contributed by atoms with E-state index in [2.05, 4.69) is 5.32 Å². The van der Waals surface area contributed by atoms with Gasteiger partial charge in [0.15, 0.2) is 0 Å². The molecule has 34 heavy (non-hydrogen) atoms. The molecule has 3 aromatic rings. The van der Waals surface area contributed by atoms with E-state index in [0.29, 0.717) is 37.6 Å². The zero-order valence-corrected chi connectivity index (χ0v) is 19.1. The lowest BCUT2D eigenvalue weighted by Crippen LogP contribution is -2.57. The largest absolute Gasteiger partial charge is 0.489 e. The molecule has 1 fully saturated rings. The molecule has 0 aromatic heterocycles. The summed E-state index contributed by atoms with van der Waals surface area (Å²) in [6, 6.07) is 23.0. The predicted octanol–water partition coefficient (Wildman–Crippen LogP) is 4.25. The van der Waals surface area contributed by atoms with Crippen LogP contribution in [0.15, 0.2) is 78.9 Å². The SMILES string of the molecule is C[C@]1(O)CCN(CC(=O)Nc2ccc(OCc3ccccc3)cc2)C[C@@H]1Oc1cccc(F)c1. The van der Waals surface area contributed by atoms with E-state index in [1.807, 2.05) is 47.4 Å². The van der Waals surface area contributed by atoms with Crippen LogP contribution >= 0.6 is 0 Å². The number of nitrogens with one attached hydrogen (secondary N) is 1. The maximum Gasteiger partial charge on any atom is 0.238 e. The number of benzene rings is 3. The summed E-state index contributed by atoms with van der Waals surface area (Å²) in [6.07, 6.45) is -0.148. The fourth-order valence-electron chi connectivity index (χ4n) is 3.86. The van der Waals surface area contributed by atoms with Crippen LogP contribution in [0.1, 0.15) is 18.9 Å². The van der Waals surface area contributed by atoms with Gasteiger partial charge in [-0.15, -0.1) is 0 Å². The first-order chi connectivity index (χ1) is 16.4. The first-order valence-electron chi connectivity index (χ1n) is 11.3. The lowest BCUT2D eigenvalue weighted by Gasteiger charge is -2.42. The number of nitrogens with zero attached hydrogens (tertiary/aromatic N) is 1. The quantitative estimate of drug-likeness (QED) is 0.522. The van der Waals surface area contributed by atoms with Crippen LogP contribution in [0.2, 0.25) is 0 Å². The first kappa shape index (κ1) is 23.7. The van der Waals surface area contributed by atoms with Crippen LogP contribution in [-0.2, 0) is 11.4 Å². The Labute approximate surface area is 198 Å². The lowest BCUT2D eigenvalue weighted by molar-refractivity contribution is -0.122. The zero-order valence-electron chi connectivity index (χ0n) is 19.1. The van der Waals surface area contributed by atoms with Crippen molar-refractivity contribution in [2.75, 3.05) is 25.0 Å². The molecule has 0 aliphatic carbocycles. The highest BCUT2D eigenvalue weighted by Crippen LogP contribution is 2.27. The molecule has 1 aliphatic rings. The van der Waals surface area contributed by atoms with Gasteiger partial charge in [0, 0.05) is 24.8 Å². The Morgan fingerprint density at radius 1 is 1.09 bits per heavy atom. The molecular formula is C27H29FN2O4. The van der Waals surface area contributed by atoms with Gasteiger partial charge in [-0.05, 0) is 55.3 Å². The predicted molar refractivity (Wildman–Crippen MR) is 128 cm³/mol. The van der Waals surface area contributed by atoms with E-state index in [1.54, 1.807) is 31.2 Å². The summed E-state index contributed by atoms with van der Waals surface area (Å²) in [5.41, 5.74) is 0.684. The highest BCUT2D eigenvalue weighted by molar-refractivity contribution is 5.92. The topological polar surface area (TPSA) is 71.0 Å². The van der Waals surface area contributed by atoms with Gasteiger partial charge in [-0.1, -0.05) is 36.4 Å². The first-order valence-corrected chi connectivity index (χ1v) is 11.3. The number of likely N-dealkylation sites (tertiary alicyclic amines) is 1. The molecule has 4 rings (SSSR count). The molecule has 0 saturated carbocycles. The number of rotatable bonds is 8. The van der Waals surface area contributed by atoms with Gasteiger partial charge in [-0.25, -0.2) is 4.39 Å². The molecule has 1 saturated heterocycles. The van der Waals surface area contributed by atoms with Gasteiger partial charge < -0.3 is 19.9 Å². The van der Waals surface area contributed by atoms with E-state index in [9.17, 15) is 14.3 Å². The highest BCUT2D eigenvalue weighted by Gasteiger charge is 2.39. The third-order valence-corrected chi connectivity index (χ3v) is 5.88. The Morgan fingerprint density at radius 3 is 2.59 bits per heavy atom. The molecule has 2 atom stereocenters. The van der Waals surface area contributed by atoms with Gasteiger partial charge in [0.2, 0.25) is 5.91 Å². The van der Waals surface area contributed by atoms with Crippen molar-refractivity contribution in [3.8, 4) is 11.5 Å². The van der Waals surface area contributed by atoms with Crippen molar-refractivity contribution in [1.29, 1.82) is 0 Å². The fraction of sp³-hybridized carbons (Fsp3) is 0.296. The van der Waals surface area contributed by atoms with Crippen LogP contribution in [-0.4, -0.2) is 47.3 Å². The van der Waals surface area contributed by atoms with Gasteiger partial charge in [-0.3, -0.25) is 9.69 Å². The molecule has 7 heteroatoms. The highest BCUT2D eigenvalue weighted by atomic mass is 19.1. The number of amides is 1. The smallest absolute Gasteiger partial charge is 0.238 e. The summed E-state index contributed by atoms with van der Waals surface area (Å²) in [7, 11) is 0.